The molecule has 0 aromatic carbocycles. The molecule has 94 valence electrons. The van der Waals surface area contributed by atoms with Gasteiger partial charge >= 0.3 is 6.18 Å². The average Bonchev–Trinajstić information content (AvgIpc) is 2.23. The molecular formula is C9H9ClF3N3O. The molecule has 4 nitrogen and oxygen atoms in total. The van der Waals surface area contributed by atoms with E-state index < -0.39 is 12.6 Å². The molecule has 1 heterocycles. The lowest BCUT2D eigenvalue weighted by Gasteiger charge is -2.09. The van der Waals surface area contributed by atoms with E-state index in [1.165, 1.54) is 0 Å². The van der Waals surface area contributed by atoms with Gasteiger partial charge in [-0.25, -0.2) is 9.97 Å². The maximum atomic E-state index is 11.9. The molecule has 17 heavy (non-hydrogen) atoms. The van der Waals surface area contributed by atoms with Crippen molar-refractivity contribution in [3.05, 3.63) is 17.0 Å². The number of hydrogen-bond acceptors (Lipinski definition) is 4. The van der Waals surface area contributed by atoms with Gasteiger partial charge in [0.2, 0.25) is 0 Å². The Morgan fingerprint density at radius 2 is 2.12 bits per heavy atom. The summed E-state index contributed by atoms with van der Waals surface area (Å²) in [5.74, 6) is 0.141. The number of aromatic nitrogens is 2. The van der Waals surface area contributed by atoms with E-state index in [9.17, 15) is 18.0 Å². The lowest BCUT2D eigenvalue weighted by Crippen LogP contribution is -2.12. The second kappa shape index (κ2) is 5.81. The summed E-state index contributed by atoms with van der Waals surface area (Å²) in [6, 6.07) is 0. The Hall–Kier alpha value is -1.37. The van der Waals surface area contributed by atoms with Crippen LogP contribution in [-0.4, -0.2) is 29.0 Å². The number of carbonyl (C=O) groups excluding carboxylic acids is 1. The van der Waals surface area contributed by atoms with Crippen molar-refractivity contribution in [1.82, 2.24) is 9.97 Å². The Morgan fingerprint density at radius 3 is 2.71 bits per heavy atom. The molecule has 1 aromatic rings. The van der Waals surface area contributed by atoms with Crippen LogP contribution in [-0.2, 0) is 0 Å². The lowest BCUT2D eigenvalue weighted by atomic mass is 10.3. The maximum absolute atomic E-state index is 11.9. The number of alkyl halides is 3. The van der Waals surface area contributed by atoms with Crippen molar-refractivity contribution in [1.29, 1.82) is 0 Å². The van der Waals surface area contributed by atoms with E-state index in [0.717, 1.165) is 6.33 Å². The second-order valence-electron chi connectivity index (χ2n) is 3.19. The summed E-state index contributed by atoms with van der Waals surface area (Å²) in [7, 11) is 0. The van der Waals surface area contributed by atoms with Crippen LogP contribution in [0, 0.1) is 0 Å². The Kier molecular flexibility index (Phi) is 4.68. The van der Waals surface area contributed by atoms with Crippen LogP contribution in [0.1, 0.15) is 23.2 Å². The van der Waals surface area contributed by atoms with Crippen molar-refractivity contribution in [2.75, 3.05) is 11.9 Å². The monoisotopic (exact) mass is 267 g/mol. The van der Waals surface area contributed by atoms with Gasteiger partial charge in [-0.05, 0) is 6.42 Å². The number of nitrogens with zero attached hydrogens (tertiary/aromatic N) is 2. The third-order valence-corrected chi connectivity index (χ3v) is 2.18. The molecule has 0 saturated carbocycles. The second-order valence-corrected chi connectivity index (χ2v) is 3.55. The Balaban J connectivity index is 2.52. The Bertz CT molecular complexity index is 398. The summed E-state index contributed by atoms with van der Waals surface area (Å²) in [4.78, 5) is 18.0. The van der Waals surface area contributed by atoms with Crippen molar-refractivity contribution in [2.24, 2.45) is 0 Å². The van der Waals surface area contributed by atoms with Gasteiger partial charge < -0.3 is 5.32 Å². The minimum Gasteiger partial charge on any atom is -0.369 e. The minimum absolute atomic E-state index is 0.0340. The standard InChI is InChI=1S/C9H9ClF3N3O/c10-7-6(4-17)8(16-5-15-7)14-3-1-2-9(11,12)13/h4-5H,1-3H2,(H,14,15,16). The molecule has 1 N–H and O–H groups in total. The Labute approximate surface area is 100 Å². The number of hydrogen-bond donors (Lipinski definition) is 1. The third-order valence-electron chi connectivity index (χ3n) is 1.88. The molecule has 0 radical (unpaired) electrons. The fourth-order valence-electron chi connectivity index (χ4n) is 1.12. The largest absolute Gasteiger partial charge is 0.389 e. The molecule has 0 spiro atoms. The summed E-state index contributed by atoms with van der Waals surface area (Å²) in [5, 5.41) is 2.58. The highest BCUT2D eigenvalue weighted by Gasteiger charge is 2.25. The van der Waals surface area contributed by atoms with Crippen molar-refractivity contribution in [3.8, 4) is 0 Å². The molecule has 0 bridgehead atoms. The van der Waals surface area contributed by atoms with Gasteiger partial charge in [0.1, 0.15) is 17.3 Å². The quantitative estimate of drug-likeness (QED) is 0.506. The van der Waals surface area contributed by atoms with Crippen molar-refractivity contribution < 1.29 is 18.0 Å². The summed E-state index contributed by atoms with van der Waals surface area (Å²) in [6.07, 6.45) is -3.60. The first-order valence-electron chi connectivity index (χ1n) is 4.70. The van der Waals surface area contributed by atoms with E-state index in [4.69, 9.17) is 11.6 Å². The molecule has 0 atom stereocenters. The van der Waals surface area contributed by atoms with E-state index >= 15 is 0 Å². The molecule has 0 aliphatic heterocycles. The number of nitrogens with one attached hydrogen (secondary N) is 1. The van der Waals surface area contributed by atoms with E-state index in [1.807, 2.05) is 0 Å². The molecule has 1 rings (SSSR count). The van der Waals surface area contributed by atoms with Crippen LogP contribution in [0.15, 0.2) is 6.33 Å². The zero-order valence-electron chi connectivity index (χ0n) is 8.59. The van der Waals surface area contributed by atoms with Gasteiger partial charge in [0.25, 0.3) is 0 Å². The van der Waals surface area contributed by atoms with Crippen LogP contribution in [0.25, 0.3) is 0 Å². The lowest BCUT2D eigenvalue weighted by molar-refractivity contribution is -0.134. The Morgan fingerprint density at radius 1 is 1.41 bits per heavy atom. The highest BCUT2D eigenvalue weighted by Crippen LogP contribution is 2.22. The van der Waals surface area contributed by atoms with Crippen LogP contribution in [0.4, 0.5) is 19.0 Å². The molecular weight excluding hydrogens is 259 g/mol. The molecule has 0 aliphatic carbocycles. The summed E-state index contributed by atoms with van der Waals surface area (Å²) in [6.45, 7) is 0.0493. The first-order chi connectivity index (χ1) is 7.94. The van der Waals surface area contributed by atoms with Gasteiger partial charge in [-0.1, -0.05) is 11.6 Å². The fourth-order valence-corrected chi connectivity index (χ4v) is 1.29. The van der Waals surface area contributed by atoms with Crippen LogP contribution in [0.5, 0.6) is 0 Å². The molecule has 1 aromatic heterocycles. The van der Waals surface area contributed by atoms with E-state index in [0.29, 0.717) is 6.29 Å². The van der Waals surface area contributed by atoms with E-state index in [2.05, 4.69) is 15.3 Å². The first kappa shape index (κ1) is 13.7. The van der Waals surface area contributed by atoms with Crippen molar-refractivity contribution >= 4 is 23.7 Å². The zero-order valence-corrected chi connectivity index (χ0v) is 9.35. The van der Waals surface area contributed by atoms with Crippen molar-refractivity contribution in [3.63, 3.8) is 0 Å². The van der Waals surface area contributed by atoms with E-state index in [1.54, 1.807) is 0 Å². The fraction of sp³-hybridized carbons (Fsp3) is 0.444. The van der Waals surface area contributed by atoms with Gasteiger partial charge in [0.15, 0.2) is 6.29 Å². The van der Waals surface area contributed by atoms with Crippen LogP contribution in [0.2, 0.25) is 5.15 Å². The highest BCUT2D eigenvalue weighted by atomic mass is 35.5. The molecule has 8 heteroatoms. The molecule has 0 amide bonds. The van der Waals surface area contributed by atoms with Gasteiger partial charge in [-0.3, -0.25) is 4.79 Å². The number of aldehydes is 1. The summed E-state index contributed by atoms with van der Waals surface area (Å²) >= 11 is 5.61. The van der Waals surface area contributed by atoms with Gasteiger partial charge in [-0.2, -0.15) is 13.2 Å². The smallest absolute Gasteiger partial charge is 0.369 e. The third kappa shape index (κ3) is 4.56. The maximum Gasteiger partial charge on any atom is 0.389 e. The molecule has 0 fully saturated rings. The minimum atomic E-state index is -4.18. The summed E-state index contributed by atoms with van der Waals surface area (Å²) in [5.41, 5.74) is 0.0428. The van der Waals surface area contributed by atoms with E-state index in [-0.39, 0.29) is 29.5 Å². The summed E-state index contributed by atoms with van der Waals surface area (Å²) < 4.78 is 35.6. The van der Waals surface area contributed by atoms with Crippen LogP contribution >= 0.6 is 11.6 Å². The van der Waals surface area contributed by atoms with Crippen LogP contribution in [0.3, 0.4) is 0 Å². The molecule has 0 saturated heterocycles. The normalized spacial score (nSPS) is 11.3. The van der Waals surface area contributed by atoms with Crippen LogP contribution < -0.4 is 5.32 Å². The zero-order chi connectivity index (χ0) is 12.9. The first-order valence-corrected chi connectivity index (χ1v) is 5.08. The van der Waals surface area contributed by atoms with Gasteiger partial charge in [0, 0.05) is 13.0 Å². The average molecular weight is 268 g/mol. The predicted molar refractivity (Wildman–Crippen MR) is 56.2 cm³/mol. The number of anilines is 1. The molecule has 0 unspecified atom stereocenters. The van der Waals surface area contributed by atoms with Gasteiger partial charge in [-0.15, -0.1) is 0 Å². The number of rotatable bonds is 5. The number of halogens is 4. The van der Waals surface area contributed by atoms with Gasteiger partial charge in [0.05, 0.1) is 5.56 Å². The topological polar surface area (TPSA) is 54.9 Å². The highest BCUT2D eigenvalue weighted by molar-refractivity contribution is 6.32. The van der Waals surface area contributed by atoms with Crippen molar-refractivity contribution in [2.45, 2.75) is 19.0 Å². The molecule has 0 aliphatic rings. The predicted octanol–water partition coefficient (Wildman–Crippen LogP) is 2.70. The number of carbonyl (C=O) groups is 1. The SMILES string of the molecule is O=Cc1c(Cl)ncnc1NCCCC(F)(F)F.